The zero-order valence-corrected chi connectivity index (χ0v) is 12.3. The Bertz CT molecular complexity index is 455. The van der Waals surface area contributed by atoms with Crippen LogP contribution in [-0.4, -0.2) is 36.3 Å². The van der Waals surface area contributed by atoms with Gasteiger partial charge < -0.3 is 16.0 Å². The topological polar surface area (TPSA) is 75.4 Å². The van der Waals surface area contributed by atoms with Crippen LogP contribution in [0.1, 0.15) is 25.0 Å². The van der Waals surface area contributed by atoms with Crippen LogP contribution < -0.4 is 11.1 Å². The molecule has 0 bridgehead atoms. The average molecular weight is 277 g/mol. The molecule has 0 aliphatic heterocycles. The molecule has 0 unspecified atom stereocenters. The van der Waals surface area contributed by atoms with Crippen molar-refractivity contribution in [3.05, 3.63) is 35.4 Å². The molecule has 20 heavy (non-hydrogen) atoms. The lowest BCUT2D eigenvalue weighted by Crippen LogP contribution is -2.41. The van der Waals surface area contributed by atoms with E-state index in [9.17, 15) is 9.59 Å². The highest BCUT2D eigenvalue weighted by atomic mass is 16.2. The molecule has 110 valence electrons. The van der Waals surface area contributed by atoms with Gasteiger partial charge in [0.2, 0.25) is 11.8 Å². The molecule has 0 aliphatic rings. The number of benzene rings is 1. The molecule has 0 aliphatic carbocycles. The van der Waals surface area contributed by atoms with Crippen LogP contribution >= 0.6 is 0 Å². The molecular weight excluding hydrogens is 254 g/mol. The number of nitrogens with zero attached hydrogens (tertiary/aromatic N) is 1. The maximum atomic E-state index is 12.0. The Morgan fingerprint density at radius 1 is 1.20 bits per heavy atom. The highest BCUT2D eigenvalue weighted by Crippen LogP contribution is 2.06. The molecule has 0 aromatic heterocycles. The molecule has 5 heteroatoms. The van der Waals surface area contributed by atoms with E-state index in [2.05, 4.69) is 5.32 Å². The first-order chi connectivity index (χ1) is 9.42. The zero-order chi connectivity index (χ0) is 15.1. The molecule has 0 saturated heterocycles. The molecule has 3 N–H and O–H groups in total. The van der Waals surface area contributed by atoms with Crippen molar-refractivity contribution in [1.29, 1.82) is 0 Å². The standard InChI is InChI=1S/C15H23N3O2/c1-11(2)17-14(19)10-18(3)15(20)8-12-4-6-13(9-16)7-5-12/h4-7,11H,8-10,16H2,1-3H3,(H,17,19). The minimum Gasteiger partial charge on any atom is -0.352 e. The van der Waals surface area contributed by atoms with E-state index in [1.807, 2.05) is 38.1 Å². The van der Waals surface area contributed by atoms with Gasteiger partial charge in [-0.15, -0.1) is 0 Å². The smallest absolute Gasteiger partial charge is 0.239 e. The molecule has 1 aromatic rings. The van der Waals surface area contributed by atoms with Gasteiger partial charge >= 0.3 is 0 Å². The van der Waals surface area contributed by atoms with Gasteiger partial charge in [-0.05, 0) is 25.0 Å². The summed E-state index contributed by atoms with van der Waals surface area (Å²) in [6.07, 6.45) is 0.288. The highest BCUT2D eigenvalue weighted by molar-refractivity contribution is 5.85. The van der Waals surface area contributed by atoms with Gasteiger partial charge in [0.1, 0.15) is 0 Å². The summed E-state index contributed by atoms with van der Waals surface area (Å²) in [5.41, 5.74) is 7.48. The zero-order valence-electron chi connectivity index (χ0n) is 12.3. The fourth-order valence-corrected chi connectivity index (χ4v) is 1.77. The van der Waals surface area contributed by atoms with E-state index in [1.165, 1.54) is 4.90 Å². The van der Waals surface area contributed by atoms with Gasteiger partial charge in [0, 0.05) is 19.6 Å². The van der Waals surface area contributed by atoms with Crippen molar-refractivity contribution < 1.29 is 9.59 Å². The van der Waals surface area contributed by atoms with Crippen LogP contribution in [0.5, 0.6) is 0 Å². The molecule has 0 fully saturated rings. The first-order valence-electron chi connectivity index (χ1n) is 6.73. The first-order valence-corrected chi connectivity index (χ1v) is 6.73. The van der Waals surface area contributed by atoms with E-state index in [0.29, 0.717) is 6.54 Å². The van der Waals surface area contributed by atoms with Crippen molar-refractivity contribution in [2.45, 2.75) is 32.9 Å². The van der Waals surface area contributed by atoms with E-state index in [4.69, 9.17) is 5.73 Å². The van der Waals surface area contributed by atoms with E-state index in [-0.39, 0.29) is 30.8 Å². The molecule has 5 nitrogen and oxygen atoms in total. The van der Waals surface area contributed by atoms with Crippen molar-refractivity contribution in [2.75, 3.05) is 13.6 Å². The number of nitrogens with two attached hydrogens (primary N) is 1. The van der Waals surface area contributed by atoms with Crippen LogP contribution in [0.2, 0.25) is 0 Å². The number of likely N-dealkylation sites (N-methyl/N-ethyl adjacent to an activating group) is 1. The Morgan fingerprint density at radius 2 is 1.75 bits per heavy atom. The van der Waals surface area contributed by atoms with Crippen LogP contribution in [0, 0.1) is 0 Å². The second-order valence-corrected chi connectivity index (χ2v) is 5.17. The lowest BCUT2D eigenvalue weighted by Gasteiger charge is -2.18. The fourth-order valence-electron chi connectivity index (χ4n) is 1.77. The third-order valence-electron chi connectivity index (χ3n) is 2.87. The maximum absolute atomic E-state index is 12.0. The Balaban J connectivity index is 2.50. The lowest BCUT2D eigenvalue weighted by atomic mass is 10.1. The van der Waals surface area contributed by atoms with Crippen molar-refractivity contribution in [2.24, 2.45) is 5.73 Å². The van der Waals surface area contributed by atoms with Crippen LogP contribution in [0.4, 0.5) is 0 Å². The summed E-state index contributed by atoms with van der Waals surface area (Å²) in [7, 11) is 1.64. The van der Waals surface area contributed by atoms with Crippen LogP contribution in [0.25, 0.3) is 0 Å². The predicted octanol–water partition coefficient (Wildman–Crippen LogP) is 0.671. The summed E-state index contributed by atoms with van der Waals surface area (Å²) in [6.45, 7) is 4.35. The number of amides is 2. The van der Waals surface area contributed by atoms with Crippen LogP contribution in [-0.2, 0) is 22.6 Å². The van der Waals surface area contributed by atoms with Gasteiger partial charge in [-0.1, -0.05) is 24.3 Å². The van der Waals surface area contributed by atoms with Gasteiger partial charge in [0.25, 0.3) is 0 Å². The number of hydrogen-bond acceptors (Lipinski definition) is 3. The van der Waals surface area contributed by atoms with Gasteiger partial charge in [-0.25, -0.2) is 0 Å². The van der Waals surface area contributed by atoms with Crippen molar-refractivity contribution >= 4 is 11.8 Å². The van der Waals surface area contributed by atoms with Gasteiger partial charge in [-0.3, -0.25) is 9.59 Å². The molecular formula is C15H23N3O2. The summed E-state index contributed by atoms with van der Waals surface area (Å²) in [5.74, 6) is -0.223. The third-order valence-corrected chi connectivity index (χ3v) is 2.87. The fraction of sp³-hybridized carbons (Fsp3) is 0.467. The van der Waals surface area contributed by atoms with Gasteiger partial charge in [-0.2, -0.15) is 0 Å². The van der Waals surface area contributed by atoms with Crippen molar-refractivity contribution in [3.63, 3.8) is 0 Å². The number of rotatable bonds is 6. The minimum absolute atomic E-state index is 0.0785. The largest absolute Gasteiger partial charge is 0.352 e. The Labute approximate surface area is 120 Å². The number of carbonyl (C=O) groups is 2. The minimum atomic E-state index is -0.144. The number of nitrogens with one attached hydrogen (secondary N) is 1. The Hall–Kier alpha value is -1.88. The molecule has 1 rings (SSSR count). The van der Waals surface area contributed by atoms with E-state index in [1.54, 1.807) is 7.05 Å². The molecule has 0 spiro atoms. The monoisotopic (exact) mass is 277 g/mol. The van der Waals surface area contributed by atoms with Crippen molar-refractivity contribution in [3.8, 4) is 0 Å². The number of hydrogen-bond donors (Lipinski definition) is 2. The van der Waals surface area contributed by atoms with Crippen molar-refractivity contribution in [1.82, 2.24) is 10.2 Å². The van der Waals surface area contributed by atoms with E-state index >= 15 is 0 Å². The Morgan fingerprint density at radius 3 is 2.25 bits per heavy atom. The second kappa shape index (κ2) is 7.65. The van der Waals surface area contributed by atoms with Gasteiger partial charge in [0.05, 0.1) is 13.0 Å². The summed E-state index contributed by atoms with van der Waals surface area (Å²) in [5, 5.41) is 2.76. The number of carbonyl (C=O) groups excluding carboxylic acids is 2. The Kier molecular flexibility index (Phi) is 6.18. The quantitative estimate of drug-likeness (QED) is 0.802. The summed E-state index contributed by atoms with van der Waals surface area (Å²) in [4.78, 5) is 25.0. The van der Waals surface area contributed by atoms with Crippen LogP contribution in [0.3, 0.4) is 0 Å². The second-order valence-electron chi connectivity index (χ2n) is 5.17. The maximum Gasteiger partial charge on any atom is 0.239 e. The molecule has 0 atom stereocenters. The summed E-state index contributed by atoms with van der Waals surface area (Å²) >= 11 is 0. The SMILES string of the molecule is CC(C)NC(=O)CN(C)C(=O)Cc1ccc(CN)cc1. The van der Waals surface area contributed by atoms with Crippen LogP contribution in [0.15, 0.2) is 24.3 Å². The van der Waals surface area contributed by atoms with E-state index < -0.39 is 0 Å². The highest BCUT2D eigenvalue weighted by Gasteiger charge is 2.13. The molecule has 2 amide bonds. The van der Waals surface area contributed by atoms with E-state index in [0.717, 1.165) is 11.1 Å². The molecule has 1 aromatic carbocycles. The average Bonchev–Trinajstić information content (AvgIpc) is 2.38. The molecule has 0 radical (unpaired) electrons. The lowest BCUT2D eigenvalue weighted by molar-refractivity contribution is -0.134. The molecule has 0 heterocycles. The van der Waals surface area contributed by atoms with Gasteiger partial charge in [0.15, 0.2) is 0 Å². The normalized spacial score (nSPS) is 10.4. The summed E-state index contributed by atoms with van der Waals surface area (Å²) < 4.78 is 0. The third kappa shape index (κ3) is 5.40. The molecule has 0 saturated carbocycles. The first kappa shape index (κ1) is 16.2. The predicted molar refractivity (Wildman–Crippen MR) is 79.0 cm³/mol. The summed E-state index contributed by atoms with van der Waals surface area (Å²) in [6, 6.07) is 7.68.